The van der Waals surface area contributed by atoms with E-state index in [1.165, 1.54) is 0 Å². The monoisotopic (exact) mass is 298 g/mol. The summed E-state index contributed by atoms with van der Waals surface area (Å²) < 4.78 is 11.4. The van der Waals surface area contributed by atoms with Crippen molar-refractivity contribution in [3.8, 4) is 11.5 Å². The van der Waals surface area contributed by atoms with E-state index >= 15 is 0 Å². The van der Waals surface area contributed by atoms with Gasteiger partial charge in [-0.15, -0.1) is 0 Å². The third-order valence-corrected chi connectivity index (χ3v) is 3.94. The van der Waals surface area contributed by atoms with Crippen LogP contribution in [0.5, 0.6) is 11.5 Å². The number of hydrogen-bond acceptors (Lipinski definition) is 3. The molecule has 1 atom stereocenters. The summed E-state index contributed by atoms with van der Waals surface area (Å²) in [6.07, 6.45) is 1.12. The number of rotatable bonds is 4. The van der Waals surface area contributed by atoms with E-state index in [2.05, 4.69) is 0 Å². The van der Waals surface area contributed by atoms with Crippen molar-refractivity contribution in [2.75, 3.05) is 0 Å². The smallest absolute Gasteiger partial charge is 0.347 e. The van der Waals surface area contributed by atoms with Gasteiger partial charge in [-0.2, -0.15) is 0 Å². The number of carboxylic acids is 1. The third-order valence-electron chi connectivity index (χ3n) is 3.94. The molecular weight excluding hydrogens is 280 g/mol. The van der Waals surface area contributed by atoms with Gasteiger partial charge in [-0.1, -0.05) is 30.3 Å². The Morgan fingerprint density at radius 3 is 2.77 bits per heavy atom. The lowest BCUT2D eigenvalue weighted by Crippen LogP contribution is -2.44. The zero-order chi connectivity index (χ0) is 15.6. The van der Waals surface area contributed by atoms with Crippen LogP contribution in [-0.4, -0.2) is 16.7 Å². The Kier molecular flexibility index (Phi) is 3.75. The average Bonchev–Trinajstić information content (AvgIpc) is 2.54. The number of fused-ring (bicyclic) bond motifs is 1. The van der Waals surface area contributed by atoms with E-state index in [0.717, 1.165) is 16.9 Å². The van der Waals surface area contributed by atoms with E-state index in [0.29, 0.717) is 25.2 Å². The van der Waals surface area contributed by atoms with Crippen LogP contribution >= 0.6 is 0 Å². The number of hydrogen-bond donors (Lipinski definition) is 1. The molecule has 0 fully saturated rings. The average molecular weight is 298 g/mol. The van der Waals surface area contributed by atoms with E-state index < -0.39 is 11.6 Å². The molecule has 2 aromatic rings. The predicted octanol–water partition coefficient (Wildman–Crippen LogP) is 3.43. The first-order valence-electron chi connectivity index (χ1n) is 7.29. The first-order valence-corrected chi connectivity index (χ1v) is 7.29. The van der Waals surface area contributed by atoms with Crippen LogP contribution in [0, 0.1) is 0 Å². The highest BCUT2D eigenvalue weighted by Gasteiger charge is 2.39. The molecule has 3 rings (SSSR count). The molecule has 1 N–H and O–H groups in total. The standard InChI is InChI=1S/C18H18O4/c1-18(17(19)20)10-9-14-11-15(7-8-16(14)22-18)21-12-13-5-3-2-4-6-13/h2-8,11H,9-10,12H2,1H3,(H,19,20). The second-order valence-electron chi connectivity index (χ2n) is 5.68. The maximum absolute atomic E-state index is 11.3. The van der Waals surface area contributed by atoms with Crippen LogP contribution in [0.1, 0.15) is 24.5 Å². The van der Waals surface area contributed by atoms with Gasteiger partial charge in [-0.05, 0) is 42.7 Å². The number of carboxylic acid groups (broad SMARTS) is 1. The molecule has 114 valence electrons. The summed E-state index contributed by atoms with van der Waals surface area (Å²) in [4.78, 5) is 11.3. The molecule has 1 heterocycles. The van der Waals surface area contributed by atoms with E-state index in [1.807, 2.05) is 42.5 Å². The van der Waals surface area contributed by atoms with Crippen molar-refractivity contribution in [1.29, 1.82) is 0 Å². The van der Waals surface area contributed by atoms with Crippen LogP contribution in [0.2, 0.25) is 0 Å². The highest BCUT2D eigenvalue weighted by atomic mass is 16.5. The lowest BCUT2D eigenvalue weighted by molar-refractivity contribution is -0.155. The summed E-state index contributed by atoms with van der Waals surface area (Å²) in [6, 6.07) is 15.5. The van der Waals surface area contributed by atoms with Crippen molar-refractivity contribution in [1.82, 2.24) is 0 Å². The van der Waals surface area contributed by atoms with Crippen LogP contribution in [0.4, 0.5) is 0 Å². The Morgan fingerprint density at radius 1 is 1.27 bits per heavy atom. The molecule has 2 aromatic carbocycles. The normalized spacial score (nSPS) is 19.9. The lowest BCUT2D eigenvalue weighted by Gasteiger charge is -2.32. The largest absolute Gasteiger partial charge is 0.489 e. The van der Waals surface area contributed by atoms with Crippen LogP contribution < -0.4 is 9.47 Å². The van der Waals surface area contributed by atoms with Gasteiger partial charge in [0.1, 0.15) is 18.1 Å². The topological polar surface area (TPSA) is 55.8 Å². The van der Waals surface area contributed by atoms with Crippen molar-refractivity contribution in [3.63, 3.8) is 0 Å². The molecule has 1 aliphatic rings. The predicted molar refractivity (Wildman–Crippen MR) is 82.2 cm³/mol. The van der Waals surface area contributed by atoms with Gasteiger partial charge in [0.05, 0.1) is 0 Å². The molecule has 4 heteroatoms. The molecule has 0 bridgehead atoms. The van der Waals surface area contributed by atoms with E-state index in [4.69, 9.17) is 9.47 Å². The van der Waals surface area contributed by atoms with Gasteiger partial charge in [0.25, 0.3) is 0 Å². The summed E-state index contributed by atoms with van der Waals surface area (Å²) in [5.74, 6) is 0.468. The molecule has 0 saturated carbocycles. The van der Waals surface area contributed by atoms with Crippen molar-refractivity contribution in [3.05, 3.63) is 59.7 Å². The van der Waals surface area contributed by atoms with Crippen molar-refractivity contribution >= 4 is 5.97 Å². The first kappa shape index (κ1) is 14.4. The van der Waals surface area contributed by atoms with E-state index in [-0.39, 0.29) is 0 Å². The molecule has 0 spiro atoms. The summed E-state index contributed by atoms with van der Waals surface area (Å²) in [5.41, 5.74) is 0.957. The number of aryl methyl sites for hydroxylation is 1. The number of ether oxygens (including phenoxy) is 2. The minimum Gasteiger partial charge on any atom is -0.489 e. The van der Waals surface area contributed by atoms with Gasteiger partial charge < -0.3 is 14.6 Å². The van der Waals surface area contributed by atoms with Crippen molar-refractivity contribution < 1.29 is 19.4 Å². The van der Waals surface area contributed by atoms with Gasteiger partial charge in [0.15, 0.2) is 0 Å². The zero-order valence-electron chi connectivity index (χ0n) is 12.4. The van der Waals surface area contributed by atoms with Gasteiger partial charge >= 0.3 is 5.97 Å². The SMILES string of the molecule is CC1(C(=O)O)CCc2cc(OCc3ccccc3)ccc2O1. The van der Waals surface area contributed by atoms with Crippen LogP contribution in [0.3, 0.4) is 0 Å². The van der Waals surface area contributed by atoms with Crippen LogP contribution in [-0.2, 0) is 17.8 Å². The lowest BCUT2D eigenvalue weighted by atomic mass is 9.92. The van der Waals surface area contributed by atoms with E-state index in [1.54, 1.807) is 13.0 Å². The maximum atomic E-state index is 11.3. The molecule has 22 heavy (non-hydrogen) atoms. The summed E-state index contributed by atoms with van der Waals surface area (Å²) >= 11 is 0. The molecule has 0 radical (unpaired) electrons. The minimum absolute atomic E-state index is 0.456. The molecule has 0 aromatic heterocycles. The third kappa shape index (κ3) is 2.91. The molecule has 0 amide bonds. The molecule has 1 aliphatic heterocycles. The van der Waals surface area contributed by atoms with Gasteiger partial charge in [0, 0.05) is 6.42 Å². The summed E-state index contributed by atoms with van der Waals surface area (Å²) in [6.45, 7) is 2.12. The second kappa shape index (κ2) is 5.72. The molecule has 4 nitrogen and oxygen atoms in total. The molecule has 0 saturated heterocycles. The number of benzene rings is 2. The Hall–Kier alpha value is -2.49. The van der Waals surface area contributed by atoms with Crippen LogP contribution in [0.25, 0.3) is 0 Å². The number of aliphatic carboxylic acids is 1. The Morgan fingerprint density at radius 2 is 2.05 bits per heavy atom. The fraction of sp³-hybridized carbons (Fsp3) is 0.278. The Bertz CT molecular complexity index is 681. The van der Waals surface area contributed by atoms with Crippen molar-refractivity contribution in [2.45, 2.75) is 32.0 Å². The molecule has 0 aliphatic carbocycles. The fourth-order valence-corrected chi connectivity index (χ4v) is 2.50. The highest BCUT2D eigenvalue weighted by Crippen LogP contribution is 2.35. The Balaban J connectivity index is 1.71. The van der Waals surface area contributed by atoms with Gasteiger partial charge in [-0.25, -0.2) is 4.79 Å². The second-order valence-corrected chi connectivity index (χ2v) is 5.68. The van der Waals surface area contributed by atoms with E-state index in [9.17, 15) is 9.90 Å². The van der Waals surface area contributed by atoms with Gasteiger partial charge in [-0.3, -0.25) is 0 Å². The quantitative estimate of drug-likeness (QED) is 0.939. The number of carbonyl (C=O) groups is 1. The van der Waals surface area contributed by atoms with Gasteiger partial charge in [0.2, 0.25) is 5.60 Å². The fourth-order valence-electron chi connectivity index (χ4n) is 2.50. The molecule has 1 unspecified atom stereocenters. The summed E-state index contributed by atoms with van der Waals surface area (Å²) in [7, 11) is 0. The summed E-state index contributed by atoms with van der Waals surface area (Å²) in [5, 5.41) is 9.24. The zero-order valence-corrected chi connectivity index (χ0v) is 12.4. The first-order chi connectivity index (χ1) is 10.6. The molecular formula is C18H18O4. The minimum atomic E-state index is -1.14. The van der Waals surface area contributed by atoms with Crippen LogP contribution in [0.15, 0.2) is 48.5 Å². The highest BCUT2D eigenvalue weighted by molar-refractivity contribution is 5.78. The Labute approximate surface area is 129 Å². The van der Waals surface area contributed by atoms with Crippen molar-refractivity contribution in [2.24, 2.45) is 0 Å². The maximum Gasteiger partial charge on any atom is 0.347 e.